The summed E-state index contributed by atoms with van der Waals surface area (Å²) < 4.78 is 44.2. The van der Waals surface area contributed by atoms with Crippen molar-refractivity contribution in [1.82, 2.24) is 5.32 Å². The van der Waals surface area contributed by atoms with E-state index in [0.717, 1.165) is 73.8 Å². The van der Waals surface area contributed by atoms with E-state index in [1.165, 1.54) is 12.1 Å². The van der Waals surface area contributed by atoms with Crippen LogP contribution in [-0.4, -0.2) is 30.6 Å². The van der Waals surface area contributed by atoms with Crippen molar-refractivity contribution < 1.29 is 32.6 Å². The molecule has 0 fully saturated rings. The molecule has 0 bridgehead atoms. The van der Waals surface area contributed by atoms with Crippen molar-refractivity contribution in [2.45, 2.75) is 57.5 Å². The second-order valence-corrected chi connectivity index (χ2v) is 9.47. The first-order chi connectivity index (χ1) is 18.7. The molecule has 0 radical (unpaired) electrons. The number of ether oxygens (including phenoxy) is 1. The summed E-state index contributed by atoms with van der Waals surface area (Å²) in [5.74, 6) is -0.589. The van der Waals surface area contributed by atoms with Crippen molar-refractivity contribution in [2.75, 3.05) is 13.7 Å². The van der Waals surface area contributed by atoms with Gasteiger partial charge in [0.15, 0.2) is 0 Å². The van der Waals surface area contributed by atoms with Crippen LogP contribution < -0.4 is 10.1 Å². The number of unbranched alkanes of at least 4 members (excludes halogenated alkanes) is 4. The number of amides is 1. The van der Waals surface area contributed by atoms with Crippen molar-refractivity contribution in [3.8, 4) is 16.9 Å². The van der Waals surface area contributed by atoms with Gasteiger partial charge in [0.1, 0.15) is 5.75 Å². The Labute approximate surface area is 227 Å². The number of carbonyl (C=O) groups is 2. The molecule has 1 amide bonds. The highest BCUT2D eigenvalue weighted by atomic mass is 19.4. The molecule has 3 rings (SSSR count). The molecule has 208 valence electrons. The van der Waals surface area contributed by atoms with Gasteiger partial charge in [0, 0.05) is 17.7 Å². The molecule has 0 atom stereocenters. The van der Waals surface area contributed by atoms with Gasteiger partial charge in [0.05, 0.1) is 19.1 Å². The number of aliphatic carboxylic acids is 1. The predicted molar refractivity (Wildman–Crippen MR) is 145 cm³/mol. The minimum absolute atomic E-state index is 0.103. The van der Waals surface area contributed by atoms with Crippen LogP contribution in [0.25, 0.3) is 11.1 Å². The fourth-order valence-corrected chi connectivity index (χ4v) is 4.37. The van der Waals surface area contributed by atoms with Crippen LogP contribution >= 0.6 is 0 Å². The van der Waals surface area contributed by atoms with Crippen LogP contribution in [0.3, 0.4) is 0 Å². The molecule has 0 aliphatic heterocycles. The summed E-state index contributed by atoms with van der Waals surface area (Å²) in [5.41, 5.74) is 3.60. The number of methoxy groups -OCH3 is 1. The lowest BCUT2D eigenvalue weighted by Crippen LogP contribution is -2.25. The molecule has 0 unspecified atom stereocenters. The zero-order valence-corrected chi connectivity index (χ0v) is 22.0. The summed E-state index contributed by atoms with van der Waals surface area (Å²) in [6.07, 6.45) is 2.69. The van der Waals surface area contributed by atoms with E-state index >= 15 is 0 Å². The van der Waals surface area contributed by atoms with Gasteiger partial charge in [-0.3, -0.25) is 9.59 Å². The summed E-state index contributed by atoms with van der Waals surface area (Å²) in [7, 11) is 1.55. The molecule has 0 heterocycles. The van der Waals surface area contributed by atoms with Crippen LogP contribution in [0, 0.1) is 0 Å². The minimum Gasteiger partial charge on any atom is -0.496 e. The van der Waals surface area contributed by atoms with E-state index in [1.54, 1.807) is 19.2 Å². The molecule has 0 saturated carbocycles. The van der Waals surface area contributed by atoms with E-state index < -0.39 is 17.7 Å². The first kappa shape index (κ1) is 29.7. The smallest absolute Gasteiger partial charge is 0.416 e. The van der Waals surface area contributed by atoms with Crippen LogP contribution in [0.2, 0.25) is 0 Å². The quantitative estimate of drug-likeness (QED) is 0.210. The van der Waals surface area contributed by atoms with Crippen molar-refractivity contribution in [1.29, 1.82) is 0 Å². The maximum atomic E-state index is 12.9. The van der Waals surface area contributed by atoms with Crippen molar-refractivity contribution in [3.05, 3.63) is 89.0 Å². The van der Waals surface area contributed by atoms with Gasteiger partial charge in [-0.2, -0.15) is 13.2 Å². The highest BCUT2D eigenvalue weighted by Crippen LogP contribution is 2.35. The lowest BCUT2D eigenvalue weighted by atomic mass is 9.97. The maximum Gasteiger partial charge on any atom is 0.416 e. The van der Waals surface area contributed by atoms with Crippen LogP contribution in [0.5, 0.6) is 5.75 Å². The highest BCUT2D eigenvalue weighted by molar-refractivity contribution is 5.94. The van der Waals surface area contributed by atoms with Crippen LogP contribution in [-0.2, 0) is 23.8 Å². The molecular weight excluding hydrogens is 507 g/mol. The average Bonchev–Trinajstić information content (AvgIpc) is 2.92. The van der Waals surface area contributed by atoms with E-state index in [2.05, 4.69) is 5.32 Å². The van der Waals surface area contributed by atoms with Crippen LogP contribution in [0.1, 0.15) is 65.6 Å². The Hall–Kier alpha value is -3.81. The molecule has 2 N–H and O–H groups in total. The van der Waals surface area contributed by atoms with E-state index in [-0.39, 0.29) is 18.9 Å². The first-order valence-corrected chi connectivity index (χ1v) is 13.1. The van der Waals surface area contributed by atoms with Crippen molar-refractivity contribution >= 4 is 11.9 Å². The fraction of sp³-hybridized carbons (Fsp3) is 0.355. The molecule has 0 saturated heterocycles. The predicted octanol–water partition coefficient (Wildman–Crippen LogP) is 7.32. The Kier molecular flexibility index (Phi) is 11.0. The Morgan fingerprint density at radius 3 is 2.00 bits per heavy atom. The normalized spacial score (nSPS) is 11.3. The maximum absolute atomic E-state index is 12.9. The number of alkyl halides is 3. The number of carboxylic acids is 1. The number of benzene rings is 3. The highest BCUT2D eigenvalue weighted by Gasteiger charge is 2.30. The van der Waals surface area contributed by atoms with Crippen molar-refractivity contribution in [2.24, 2.45) is 0 Å². The lowest BCUT2D eigenvalue weighted by Gasteiger charge is -2.13. The Morgan fingerprint density at radius 1 is 0.821 bits per heavy atom. The van der Waals surface area contributed by atoms with E-state index in [0.29, 0.717) is 16.9 Å². The zero-order valence-electron chi connectivity index (χ0n) is 22.0. The number of halogens is 3. The molecule has 8 heteroatoms. The van der Waals surface area contributed by atoms with Gasteiger partial charge in [-0.05, 0) is 78.8 Å². The summed E-state index contributed by atoms with van der Waals surface area (Å²) in [6.45, 7) is 0.106. The summed E-state index contributed by atoms with van der Waals surface area (Å²) >= 11 is 0. The Balaban J connectivity index is 1.39. The van der Waals surface area contributed by atoms with Gasteiger partial charge in [0.25, 0.3) is 5.91 Å². The zero-order chi connectivity index (χ0) is 28.3. The van der Waals surface area contributed by atoms with Gasteiger partial charge >= 0.3 is 12.1 Å². The third-order valence-electron chi connectivity index (χ3n) is 6.56. The monoisotopic (exact) mass is 541 g/mol. The molecule has 5 nitrogen and oxygen atoms in total. The van der Waals surface area contributed by atoms with E-state index in [4.69, 9.17) is 9.84 Å². The third-order valence-corrected chi connectivity index (χ3v) is 6.56. The molecular formula is C31H34F3NO4. The SMILES string of the molecule is COc1ccc(CCCCCCCc2ccc(C(=O)NCCC(=O)O)cc2)cc1-c1ccc(C(F)(F)F)cc1. The number of nitrogens with one attached hydrogen (secondary N) is 1. The van der Waals surface area contributed by atoms with Crippen molar-refractivity contribution in [3.63, 3.8) is 0 Å². The topological polar surface area (TPSA) is 75.6 Å². The number of aryl methyl sites for hydroxylation is 2. The lowest BCUT2D eigenvalue weighted by molar-refractivity contribution is -0.138. The number of hydrogen-bond acceptors (Lipinski definition) is 3. The second kappa shape index (κ2) is 14.4. The van der Waals surface area contributed by atoms with Gasteiger partial charge in [0.2, 0.25) is 0 Å². The second-order valence-electron chi connectivity index (χ2n) is 9.47. The number of rotatable bonds is 14. The molecule has 0 aromatic heterocycles. The Bertz CT molecular complexity index is 1220. The van der Waals surface area contributed by atoms with Gasteiger partial charge in [-0.1, -0.05) is 49.6 Å². The van der Waals surface area contributed by atoms with Gasteiger partial charge in [-0.15, -0.1) is 0 Å². The number of carboxylic acid groups (broad SMARTS) is 1. The number of carbonyl (C=O) groups excluding carboxylic acids is 1. The summed E-state index contributed by atoms with van der Waals surface area (Å²) in [5, 5.41) is 11.2. The third kappa shape index (κ3) is 9.46. The molecule has 39 heavy (non-hydrogen) atoms. The molecule has 0 aliphatic rings. The average molecular weight is 542 g/mol. The fourth-order valence-electron chi connectivity index (χ4n) is 4.37. The van der Waals surface area contributed by atoms with Crippen LogP contribution in [0.4, 0.5) is 13.2 Å². The van der Waals surface area contributed by atoms with E-state index in [9.17, 15) is 22.8 Å². The number of hydrogen-bond donors (Lipinski definition) is 2. The summed E-state index contributed by atoms with van der Waals surface area (Å²) in [4.78, 5) is 22.6. The largest absolute Gasteiger partial charge is 0.496 e. The molecule has 0 aliphatic carbocycles. The Morgan fingerprint density at radius 2 is 1.41 bits per heavy atom. The molecule has 3 aromatic rings. The minimum atomic E-state index is -4.36. The standard InChI is InChI=1S/C31H34F3NO4/c1-39-28-18-11-23(21-27(28)24-14-16-26(17-15-24)31(32,33)34)8-6-4-2-3-5-7-22-9-12-25(13-10-22)30(38)35-20-19-29(36)37/h9-18,21H,2-8,19-20H2,1H3,(H,35,38)(H,36,37). The first-order valence-electron chi connectivity index (χ1n) is 13.1. The van der Waals surface area contributed by atoms with Gasteiger partial charge in [-0.25, -0.2) is 0 Å². The van der Waals surface area contributed by atoms with Gasteiger partial charge < -0.3 is 15.2 Å². The molecule has 3 aromatic carbocycles. The summed E-state index contributed by atoms with van der Waals surface area (Å²) in [6, 6.07) is 18.4. The van der Waals surface area contributed by atoms with E-state index in [1.807, 2.05) is 30.3 Å². The van der Waals surface area contributed by atoms with Crippen LogP contribution in [0.15, 0.2) is 66.7 Å². The molecule has 0 spiro atoms.